The minimum atomic E-state index is -0.465. The van der Waals surface area contributed by atoms with Crippen molar-refractivity contribution in [2.24, 2.45) is 7.05 Å². The second-order valence-corrected chi connectivity index (χ2v) is 5.32. The number of halogens is 1. The van der Waals surface area contributed by atoms with E-state index in [4.69, 9.17) is 5.11 Å². The number of aryl methyl sites for hydroxylation is 2. The van der Waals surface area contributed by atoms with Crippen molar-refractivity contribution in [1.29, 1.82) is 0 Å². The summed E-state index contributed by atoms with van der Waals surface area (Å²) in [6.45, 7) is 1.81. The van der Waals surface area contributed by atoms with Crippen molar-refractivity contribution in [2.45, 2.75) is 13.3 Å². The van der Waals surface area contributed by atoms with Crippen LogP contribution in [0.25, 0.3) is 0 Å². The number of aromatic nitrogens is 1. The molecule has 24 heavy (non-hydrogen) atoms. The van der Waals surface area contributed by atoms with Crippen LogP contribution in [0.1, 0.15) is 22.8 Å². The van der Waals surface area contributed by atoms with Gasteiger partial charge in [0.1, 0.15) is 5.82 Å². The van der Waals surface area contributed by atoms with Gasteiger partial charge in [0.2, 0.25) is 0 Å². The summed E-state index contributed by atoms with van der Waals surface area (Å²) >= 11 is 0. The molecule has 0 atom stereocenters. The molecule has 7 heteroatoms. The molecule has 0 aliphatic heterocycles. The number of nitrogens with one attached hydrogen (secondary N) is 2. The van der Waals surface area contributed by atoms with Gasteiger partial charge in [0, 0.05) is 25.9 Å². The van der Waals surface area contributed by atoms with Gasteiger partial charge in [-0.2, -0.15) is 0 Å². The van der Waals surface area contributed by atoms with Crippen molar-refractivity contribution in [2.75, 3.05) is 18.5 Å². The molecule has 0 radical (unpaired) electrons. The van der Waals surface area contributed by atoms with E-state index >= 15 is 0 Å². The lowest BCUT2D eigenvalue weighted by Gasteiger charge is -2.14. The molecule has 1 aromatic carbocycles. The Labute approximate surface area is 138 Å². The van der Waals surface area contributed by atoms with E-state index in [1.54, 1.807) is 12.1 Å². The predicted octanol–water partition coefficient (Wildman–Crippen LogP) is 1.55. The molecule has 1 heterocycles. The molecule has 0 aliphatic carbocycles. The quantitative estimate of drug-likeness (QED) is 0.749. The van der Waals surface area contributed by atoms with E-state index in [2.05, 4.69) is 10.6 Å². The molecule has 1 aromatic heterocycles. The number of aliphatic hydroxyl groups is 1. The largest absolute Gasteiger partial charge is 0.395 e. The van der Waals surface area contributed by atoms with Crippen molar-refractivity contribution in [3.8, 4) is 0 Å². The summed E-state index contributed by atoms with van der Waals surface area (Å²) in [5.74, 6) is -0.926. The van der Waals surface area contributed by atoms with Gasteiger partial charge in [-0.15, -0.1) is 0 Å². The van der Waals surface area contributed by atoms with Crippen molar-refractivity contribution in [3.63, 3.8) is 0 Å². The zero-order valence-corrected chi connectivity index (χ0v) is 13.6. The van der Waals surface area contributed by atoms with Crippen LogP contribution in [-0.2, 0) is 13.5 Å². The van der Waals surface area contributed by atoms with Crippen LogP contribution in [0.3, 0.4) is 0 Å². The minimum absolute atomic E-state index is 0.0840. The van der Waals surface area contributed by atoms with E-state index in [1.807, 2.05) is 6.92 Å². The topological polar surface area (TPSA) is 83.4 Å². The summed E-state index contributed by atoms with van der Waals surface area (Å²) in [5, 5.41) is 14.1. The van der Waals surface area contributed by atoms with E-state index in [0.717, 1.165) is 5.56 Å². The molecule has 0 spiro atoms. The van der Waals surface area contributed by atoms with Gasteiger partial charge in [-0.05, 0) is 24.1 Å². The maximum Gasteiger partial charge on any atom is 0.254 e. The Bertz CT molecular complexity index is 802. The highest BCUT2D eigenvalue weighted by molar-refractivity contribution is 6.00. The minimum Gasteiger partial charge on any atom is -0.395 e. The van der Waals surface area contributed by atoms with Crippen molar-refractivity contribution in [1.82, 2.24) is 9.88 Å². The van der Waals surface area contributed by atoms with Gasteiger partial charge in [0.15, 0.2) is 0 Å². The van der Waals surface area contributed by atoms with Crippen LogP contribution in [0.5, 0.6) is 0 Å². The van der Waals surface area contributed by atoms with Gasteiger partial charge in [-0.1, -0.05) is 13.0 Å². The number of hydrogen-bond donors (Lipinski definition) is 3. The average Bonchev–Trinajstić information content (AvgIpc) is 2.57. The molecule has 128 valence electrons. The lowest BCUT2D eigenvalue weighted by molar-refractivity contribution is 0.0945. The maximum atomic E-state index is 14.2. The number of pyridine rings is 1. The van der Waals surface area contributed by atoms with E-state index in [0.29, 0.717) is 6.42 Å². The number of hydrogen-bond acceptors (Lipinski definition) is 4. The number of amides is 1. The highest BCUT2D eigenvalue weighted by Crippen LogP contribution is 2.23. The third-order valence-electron chi connectivity index (χ3n) is 3.58. The number of nitrogens with zero attached hydrogens (tertiary/aromatic N) is 1. The Hall–Kier alpha value is -2.67. The first-order valence-corrected chi connectivity index (χ1v) is 7.61. The third-order valence-corrected chi connectivity index (χ3v) is 3.58. The monoisotopic (exact) mass is 333 g/mol. The molecule has 1 amide bonds. The summed E-state index contributed by atoms with van der Waals surface area (Å²) in [4.78, 5) is 24.1. The molecule has 2 rings (SSSR count). The number of anilines is 2. The predicted molar refractivity (Wildman–Crippen MR) is 90.2 cm³/mol. The summed E-state index contributed by atoms with van der Waals surface area (Å²) < 4.78 is 15.4. The zero-order chi connectivity index (χ0) is 17.7. The second kappa shape index (κ2) is 7.74. The van der Waals surface area contributed by atoms with Crippen LogP contribution in [0.2, 0.25) is 0 Å². The number of rotatable bonds is 6. The Morgan fingerprint density at radius 3 is 2.67 bits per heavy atom. The van der Waals surface area contributed by atoms with E-state index in [9.17, 15) is 14.0 Å². The van der Waals surface area contributed by atoms with E-state index in [-0.39, 0.29) is 35.6 Å². The SMILES string of the molecule is CCc1ccc(Nc2cc(=O)n(C)cc2C(=O)NCCO)c(F)c1. The number of aliphatic hydroxyl groups excluding tert-OH is 1. The Kier molecular flexibility index (Phi) is 5.70. The van der Waals surface area contributed by atoms with Crippen molar-refractivity contribution >= 4 is 17.3 Å². The van der Waals surface area contributed by atoms with Gasteiger partial charge in [-0.3, -0.25) is 9.59 Å². The van der Waals surface area contributed by atoms with E-state index in [1.165, 1.54) is 29.9 Å². The van der Waals surface area contributed by atoms with Crippen LogP contribution in [-0.4, -0.2) is 28.7 Å². The molecular formula is C17H20FN3O3. The summed E-state index contributed by atoms with van der Waals surface area (Å²) in [6.07, 6.45) is 2.08. The third kappa shape index (κ3) is 3.99. The molecule has 0 saturated heterocycles. The maximum absolute atomic E-state index is 14.2. The fraction of sp³-hybridized carbons (Fsp3) is 0.294. The molecule has 0 saturated carbocycles. The van der Waals surface area contributed by atoms with Crippen LogP contribution in [0.15, 0.2) is 35.3 Å². The second-order valence-electron chi connectivity index (χ2n) is 5.32. The molecule has 0 aliphatic rings. The van der Waals surface area contributed by atoms with Gasteiger partial charge in [0.05, 0.1) is 23.5 Å². The highest BCUT2D eigenvalue weighted by atomic mass is 19.1. The fourth-order valence-electron chi connectivity index (χ4n) is 2.20. The lowest BCUT2D eigenvalue weighted by Crippen LogP contribution is -2.29. The molecule has 3 N–H and O–H groups in total. The Morgan fingerprint density at radius 1 is 1.29 bits per heavy atom. The molecule has 0 bridgehead atoms. The average molecular weight is 333 g/mol. The fourth-order valence-corrected chi connectivity index (χ4v) is 2.20. The first-order chi connectivity index (χ1) is 11.5. The first kappa shape index (κ1) is 17.7. The molecular weight excluding hydrogens is 313 g/mol. The van der Waals surface area contributed by atoms with Gasteiger partial charge in [-0.25, -0.2) is 4.39 Å². The molecule has 2 aromatic rings. The van der Waals surface area contributed by atoms with Crippen LogP contribution in [0.4, 0.5) is 15.8 Å². The summed E-state index contributed by atoms with van der Waals surface area (Å²) in [5.41, 5.74) is 1.09. The normalized spacial score (nSPS) is 10.5. The number of carbonyl (C=O) groups excluding carboxylic acids is 1. The van der Waals surface area contributed by atoms with Gasteiger partial charge >= 0.3 is 0 Å². The summed E-state index contributed by atoms with van der Waals surface area (Å²) in [7, 11) is 1.52. The molecule has 6 nitrogen and oxygen atoms in total. The van der Waals surface area contributed by atoms with Crippen LogP contribution < -0.4 is 16.2 Å². The zero-order valence-electron chi connectivity index (χ0n) is 13.6. The number of carbonyl (C=O) groups is 1. The summed E-state index contributed by atoms with van der Waals surface area (Å²) in [6, 6.07) is 5.99. The van der Waals surface area contributed by atoms with Crippen molar-refractivity contribution in [3.05, 3.63) is 57.8 Å². The number of benzene rings is 1. The lowest BCUT2D eigenvalue weighted by atomic mass is 10.1. The van der Waals surface area contributed by atoms with Gasteiger partial charge < -0.3 is 20.3 Å². The van der Waals surface area contributed by atoms with Gasteiger partial charge in [0.25, 0.3) is 11.5 Å². The smallest absolute Gasteiger partial charge is 0.254 e. The van der Waals surface area contributed by atoms with E-state index < -0.39 is 11.7 Å². The Balaban J connectivity index is 2.40. The highest BCUT2D eigenvalue weighted by Gasteiger charge is 2.15. The first-order valence-electron chi connectivity index (χ1n) is 7.61. The van der Waals surface area contributed by atoms with Crippen LogP contribution in [0, 0.1) is 5.82 Å². The Morgan fingerprint density at radius 2 is 2.04 bits per heavy atom. The molecule has 0 fully saturated rings. The van der Waals surface area contributed by atoms with Crippen LogP contribution >= 0.6 is 0 Å². The molecule has 0 unspecified atom stereocenters. The standard InChI is InChI=1S/C17H20FN3O3/c1-3-11-4-5-14(13(18)8-11)20-15-9-16(23)21(2)10-12(15)17(24)19-6-7-22/h4-5,8-10,20,22H,3,6-7H2,1-2H3,(H,19,24). The van der Waals surface area contributed by atoms with Crippen molar-refractivity contribution < 1.29 is 14.3 Å².